The number of piperazine rings is 1. The van der Waals surface area contributed by atoms with E-state index in [9.17, 15) is 0 Å². The molecule has 1 saturated heterocycles. The highest BCUT2D eigenvalue weighted by Gasteiger charge is 2.17. The number of hydrogen-bond donors (Lipinski definition) is 2. The van der Waals surface area contributed by atoms with Crippen molar-refractivity contribution in [2.45, 2.75) is 27.3 Å². The maximum absolute atomic E-state index is 4.74. The predicted octanol–water partition coefficient (Wildman–Crippen LogP) is 1.54. The van der Waals surface area contributed by atoms with E-state index in [1.807, 2.05) is 12.3 Å². The Morgan fingerprint density at radius 2 is 2.00 bits per heavy atom. The van der Waals surface area contributed by atoms with E-state index < -0.39 is 0 Å². The molecular weight excluding hydrogens is 300 g/mol. The molecule has 2 heterocycles. The minimum Gasteiger partial charge on any atom is -0.357 e. The minimum atomic E-state index is 0.591. The fraction of sp³-hybridized carbons (Fsp3) is 0.667. The van der Waals surface area contributed by atoms with Gasteiger partial charge in [-0.15, -0.1) is 0 Å². The summed E-state index contributed by atoms with van der Waals surface area (Å²) in [6.07, 6.45) is 1.88. The van der Waals surface area contributed by atoms with E-state index in [1.54, 1.807) is 0 Å². The Labute approximate surface area is 146 Å². The second-order valence-corrected chi connectivity index (χ2v) is 6.75. The second-order valence-electron chi connectivity index (χ2n) is 6.75. The van der Waals surface area contributed by atoms with Gasteiger partial charge in [-0.25, -0.2) is 9.98 Å². The molecular formula is C18H32N6. The van der Waals surface area contributed by atoms with Crippen LogP contribution < -0.4 is 15.5 Å². The van der Waals surface area contributed by atoms with Gasteiger partial charge in [0.1, 0.15) is 5.82 Å². The number of hydrogen-bond acceptors (Lipinski definition) is 4. The molecule has 0 unspecified atom stereocenters. The van der Waals surface area contributed by atoms with Crippen molar-refractivity contribution < 1.29 is 0 Å². The van der Waals surface area contributed by atoms with E-state index in [0.717, 1.165) is 51.0 Å². The number of likely N-dealkylation sites (N-methyl/N-ethyl adjacent to an activating group) is 1. The highest BCUT2D eigenvalue weighted by atomic mass is 15.3. The lowest BCUT2D eigenvalue weighted by molar-refractivity contribution is 0.312. The zero-order valence-electron chi connectivity index (χ0n) is 15.5. The lowest BCUT2D eigenvalue weighted by atomic mass is 10.2. The van der Waals surface area contributed by atoms with Gasteiger partial charge in [0.05, 0.1) is 6.54 Å². The molecule has 1 aromatic rings. The van der Waals surface area contributed by atoms with Gasteiger partial charge < -0.3 is 20.4 Å². The third kappa shape index (κ3) is 5.67. The molecule has 0 aromatic carbocycles. The highest BCUT2D eigenvalue weighted by Crippen LogP contribution is 2.19. The van der Waals surface area contributed by atoms with E-state index >= 15 is 0 Å². The molecule has 1 aromatic heterocycles. The van der Waals surface area contributed by atoms with Crippen molar-refractivity contribution in [2.75, 3.05) is 51.2 Å². The number of rotatable bonds is 6. The molecule has 24 heavy (non-hydrogen) atoms. The van der Waals surface area contributed by atoms with Gasteiger partial charge in [0.15, 0.2) is 5.96 Å². The SMILES string of the molecule is CCNC(=NCc1cccnc1N1CCN(C)CC1)NCC(C)C. The van der Waals surface area contributed by atoms with Crippen LogP contribution in [0.25, 0.3) is 0 Å². The normalized spacial score (nSPS) is 16.5. The summed E-state index contributed by atoms with van der Waals surface area (Å²) in [4.78, 5) is 14.1. The van der Waals surface area contributed by atoms with Crippen LogP contribution in [0.15, 0.2) is 23.3 Å². The lowest BCUT2D eigenvalue weighted by Gasteiger charge is -2.34. The zero-order chi connectivity index (χ0) is 17.4. The average Bonchev–Trinajstić information content (AvgIpc) is 2.58. The molecule has 6 heteroatoms. The van der Waals surface area contributed by atoms with Crippen molar-refractivity contribution in [3.8, 4) is 0 Å². The summed E-state index contributed by atoms with van der Waals surface area (Å²) < 4.78 is 0. The fourth-order valence-electron chi connectivity index (χ4n) is 2.66. The Hall–Kier alpha value is -1.82. The molecule has 2 rings (SSSR count). The average molecular weight is 332 g/mol. The maximum Gasteiger partial charge on any atom is 0.191 e. The molecule has 1 fully saturated rings. The number of anilines is 1. The monoisotopic (exact) mass is 332 g/mol. The van der Waals surface area contributed by atoms with Gasteiger partial charge in [0.2, 0.25) is 0 Å². The molecule has 134 valence electrons. The minimum absolute atomic E-state index is 0.591. The van der Waals surface area contributed by atoms with E-state index in [0.29, 0.717) is 12.5 Å². The van der Waals surface area contributed by atoms with E-state index in [4.69, 9.17) is 4.99 Å². The molecule has 0 atom stereocenters. The third-order valence-electron chi connectivity index (χ3n) is 4.10. The Balaban J connectivity index is 2.06. The van der Waals surface area contributed by atoms with Gasteiger partial charge in [-0.3, -0.25) is 0 Å². The standard InChI is InChI=1S/C18H32N6/c1-5-19-18(21-13-15(2)3)22-14-16-7-6-8-20-17(16)24-11-9-23(4)10-12-24/h6-8,15H,5,9-14H2,1-4H3,(H2,19,21,22). The molecule has 0 aliphatic carbocycles. The fourth-order valence-corrected chi connectivity index (χ4v) is 2.66. The van der Waals surface area contributed by atoms with Crippen LogP contribution in [0.2, 0.25) is 0 Å². The first-order chi connectivity index (χ1) is 11.6. The second kappa shape index (κ2) is 9.47. The Kier molecular flexibility index (Phi) is 7.31. The van der Waals surface area contributed by atoms with Gasteiger partial charge in [0.25, 0.3) is 0 Å². The molecule has 0 spiro atoms. The highest BCUT2D eigenvalue weighted by molar-refractivity contribution is 5.79. The molecule has 1 aliphatic heterocycles. The van der Waals surface area contributed by atoms with Gasteiger partial charge in [-0.1, -0.05) is 19.9 Å². The van der Waals surface area contributed by atoms with Crippen LogP contribution in [0.4, 0.5) is 5.82 Å². The molecule has 6 nitrogen and oxygen atoms in total. The van der Waals surface area contributed by atoms with Crippen LogP contribution in [-0.2, 0) is 6.54 Å². The predicted molar refractivity (Wildman–Crippen MR) is 102 cm³/mol. The van der Waals surface area contributed by atoms with Crippen molar-refractivity contribution in [1.29, 1.82) is 0 Å². The maximum atomic E-state index is 4.74. The van der Waals surface area contributed by atoms with Crippen molar-refractivity contribution in [2.24, 2.45) is 10.9 Å². The van der Waals surface area contributed by atoms with Crippen molar-refractivity contribution >= 4 is 11.8 Å². The van der Waals surface area contributed by atoms with Crippen molar-refractivity contribution in [1.82, 2.24) is 20.5 Å². The number of guanidine groups is 1. The first kappa shape index (κ1) is 18.5. The quantitative estimate of drug-likeness (QED) is 0.611. The van der Waals surface area contributed by atoms with Crippen LogP contribution in [0.3, 0.4) is 0 Å². The van der Waals surface area contributed by atoms with Gasteiger partial charge in [-0.05, 0) is 26.0 Å². The summed E-state index contributed by atoms with van der Waals surface area (Å²) >= 11 is 0. The first-order valence-corrected chi connectivity index (χ1v) is 8.99. The number of nitrogens with one attached hydrogen (secondary N) is 2. The van der Waals surface area contributed by atoms with Crippen LogP contribution >= 0.6 is 0 Å². The molecule has 0 radical (unpaired) electrons. The number of aromatic nitrogens is 1. The summed E-state index contributed by atoms with van der Waals surface area (Å²) in [6, 6.07) is 4.13. The van der Waals surface area contributed by atoms with Gasteiger partial charge in [-0.2, -0.15) is 0 Å². The van der Waals surface area contributed by atoms with Crippen LogP contribution in [-0.4, -0.2) is 62.2 Å². The summed E-state index contributed by atoms with van der Waals surface area (Å²) in [6.45, 7) is 13.1. The molecule has 0 bridgehead atoms. The molecule has 2 N–H and O–H groups in total. The number of nitrogens with zero attached hydrogens (tertiary/aromatic N) is 4. The number of pyridine rings is 1. The van der Waals surface area contributed by atoms with E-state index in [2.05, 4.69) is 59.3 Å². The lowest BCUT2D eigenvalue weighted by Crippen LogP contribution is -2.45. The first-order valence-electron chi connectivity index (χ1n) is 8.99. The van der Waals surface area contributed by atoms with Gasteiger partial charge >= 0.3 is 0 Å². The topological polar surface area (TPSA) is 55.8 Å². The van der Waals surface area contributed by atoms with Gasteiger partial charge in [0, 0.05) is 51.0 Å². The van der Waals surface area contributed by atoms with Crippen LogP contribution in [0.5, 0.6) is 0 Å². The van der Waals surface area contributed by atoms with E-state index in [-0.39, 0.29) is 0 Å². The summed E-state index contributed by atoms with van der Waals surface area (Å²) in [5.41, 5.74) is 1.18. The Morgan fingerprint density at radius 3 is 2.67 bits per heavy atom. The van der Waals surface area contributed by atoms with Crippen molar-refractivity contribution in [3.05, 3.63) is 23.9 Å². The largest absolute Gasteiger partial charge is 0.357 e. The molecule has 0 saturated carbocycles. The third-order valence-corrected chi connectivity index (χ3v) is 4.10. The van der Waals surface area contributed by atoms with E-state index in [1.165, 1.54) is 5.56 Å². The summed E-state index contributed by atoms with van der Waals surface area (Å²) in [5, 5.41) is 6.70. The molecule has 1 aliphatic rings. The summed E-state index contributed by atoms with van der Waals surface area (Å²) in [5.74, 6) is 2.54. The smallest absolute Gasteiger partial charge is 0.191 e. The molecule has 0 amide bonds. The Bertz CT molecular complexity index is 520. The summed E-state index contributed by atoms with van der Waals surface area (Å²) in [7, 11) is 2.17. The van der Waals surface area contributed by atoms with Crippen LogP contribution in [0.1, 0.15) is 26.3 Å². The zero-order valence-corrected chi connectivity index (χ0v) is 15.5. The Morgan fingerprint density at radius 1 is 1.25 bits per heavy atom. The number of aliphatic imine (C=N–C) groups is 1. The van der Waals surface area contributed by atoms with Crippen LogP contribution in [0, 0.1) is 5.92 Å². The van der Waals surface area contributed by atoms with Crippen molar-refractivity contribution in [3.63, 3.8) is 0 Å².